The lowest BCUT2D eigenvalue weighted by atomic mass is 9.58. The van der Waals surface area contributed by atoms with E-state index >= 15 is 0 Å². The van der Waals surface area contributed by atoms with Gasteiger partial charge in [0.15, 0.2) is 18.2 Å². The SMILES string of the molecule is C[C@@H]1CC[C@@H]2[C@@H](C)C(OCc3ccc(C(=O)O)cc3)O[C@@H]3O[C@@]4(C)CCC1[C@]32OO4. The fourth-order valence-electron chi connectivity index (χ4n) is 5.98. The molecule has 30 heavy (non-hydrogen) atoms. The molecule has 5 aliphatic rings. The molecule has 4 aliphatic heterocycles. The second-order valence-electron chi connectivity index (χ2n) is 9.59. The van der Waals surface area contributed by atoms with Crippen LogP contribution in [-0.4, -0.2) is 35.0 Å². The normalized spacial score (nSPS) is 44.9. The molecule has 0 radical (unpaired) electrons. The van der Waals surface area contributed by atoms with E-state index in [9.17, 15) is 4.79 Å². The van der Waals surface area contributed by atoms with Gasteiger partial charge in [-0.15, -0.1) is 0 Å². The molecular formula is C23H30O7. The Balaban J connectivity index is 1.37. The van der Waals surface area contributed by atoms with Crippen molar-refractivity contribution >= 4 is 5.97 Å². The zero-order valence-corrected chi connectivity index (χ0v) is 17.7. The first-order valence-corrected chi connectivity index (χ1v) is 11.0. The highest BCUT2D eigenvalue weighted by Gasteiger charge is 2.69. The maximum atomic E-state index is 11.0. The van der Waals surface area contributed by atoms with Gasteiger partial charge in [-0.1, -0.05) is 26.0 Å². The minimum absolute atomic E-state index is 0.115. The molecule has 1 aliphatic carbocycles. The molecule has 2 unspecified atom stereocenters. The van der Waals surface area contributed by atoms with Crippen molar-refractivity contribution < 1.29 is 33.9 Å². The zero-order valence-electron chi connectivity index (χ0n) is 17.7. The Bertz CT molecular complexity index is 810. The predicted molar refractivity (Wildman–Crippen MR) is 105 cm³/mol. The molecule has 5 fully saturated rings. The Kier molecular flexibility index (Phi) is 4.95. The summed E-state index contributed by atoms with van der Waals surface area (Å²) in [5, 5.41) is 9.06. The van der Waals surface area contributed by atoms with Crippen molar-refractivity contribution in [1.82, 2.24) is 0 Å². The molecule has 4 saturated heterocycles. The van der Waals surface area contributed by atoms with E-state index in [1.165, 1.54) is 0 Å². The van der Waals surface area contributed by atoms with E-state index in [0.29, 0.717) is 18.4 Å². The molecule has 164 valence electrons. The van der Waals surface area contributed by atoms with E-state index in [2.05, 4.69) is 13.8 Å². The van der Waals surface area contributed by atoms with Crippen LogP contribution in [0.4, 0.5) is 0 Å². The van der Waals surface area contributed by atoms with Gasteiger partial charge in [-0.05, 0) is 55.7 Å². The van der Waals surface area contributed by atoms with Gasteiger partial charge in [0.05, 0.1) is 12.2 Å². The van der Waals surface area contributed by atoms with Crippen molar-refractivity contribution in [3.63, 3.8) is 0 Å². The number of aromatic carboxylic acids is 1. The lowest BCUT2D eigenvalue weighted by molar-refractivity contribution is -0.577. The van der Waals surface area contributed by atoms with E-state index in [-0.39, 0.29) is 17.4 Å². The highest BCUT2D eigenvalue weighted by molar-refractivity contribution is 5.87. The summed E-state index contributed by atoms with van der Waals surface area (Å²) in [5.74, 6) is -0.539. The monoisotopic (exact) mass is 418 g/mol. The number of hydrogen-bond acceptors (Lipinski definition) is 6. The van der Waals surface area contributed by atoms with Gasteiger partial charge in [0.2, 0.25) is 5.79 Å². The third-order valence-corrected chi connectivity index (χ3v) is 7.71. The molecule has 4 heterocycles. The number of ether oxygens (including phenoxy) is 3. The van der Waals surface area contributed by atoms with Crippen molar-refractivity contribution in [2.75, 3.05) is 0 Å². The molecule has 0 amide bonds. The molecule has 7 nitrogen and oxygen atoms in total. The minimum atomic E-state index is -0.936. The van der Waals surface area contributed by atoms with Gasteiger partial charge < -0.3 is 19.3 Å². The maximum absolute atomic E-state index is 11.0. The molecule has 8 atom stereocenters. The highest BCUT2D eigenvalue weighted by atomic mass is 17.3. The molecule has 6 rings (SSSR count). The first-order valence-electron chi connectivity index (χ1n) is 11.0. The van der Waals surface area contributed by atoms with Crippen LogP contribution in [0.15, 0.2) is 24.3 Å². The quantitative estimate of drug-likeness (QED) is 0.737. The van der Waals surface area contributed by atoms with Crippen molar-refractivity contribution in [3.05, 3.63) is 35.4 Å². The topological polar surface area (TPSA) is 83.5 Å². The van der Waals surface area contributed by atoms with Crippen LogP contribution in [0.5, 0.6) is 0 Å². The van der Waals surface area contributed by atoms with Crippen molar-refractivity contribution in [1.29, 1.82) is 0 Å². The van der Waals surface area contributed by atoms with Crippen molar-refractivity contribution in [3.8, 4) is 0 Å². The number of benzene rings is 1. The number of carbonyl (C=O) groups is 1. The van der Waals surface area contributed by atoms with Crippen LogP contribution >= 0.6 is 0 Å². The van der Waals surface area contributed by atoms with Crippen LogP contribution in [0.2, 0.25) is 0 Å². The molecule has 1 aromatic carbocycles. The van der Waals surface area contributed by atoms with Gasteiger partial charge in [0.25, 0.3) is 0 Å². The molecule has 1 N–H and O–H groups in total. The first-order chi connectivity index (χ1) is 14.3. The van der Waals surface area contributed by atoms with Crippen LogP contribution < -0.4 is 0 Å². The van der Waals surface area contributed by atoms with Crippen LogP contribution in [-0.2, 0) is 30.6 Å². The Morgan fingerprint density at radius 3 is 2.63 bits per heavy atom. The summed E-state index contributed by atoms with van der Waals surface area (Å²) in [6, 6.07) is 6.74. The molecule has 7 heteroatoms. The van der Waals surface area contributed by atoms with E-state index in [4.69, 9.17) is 29.1 Å². The molecular weight excluding hydrogens is 388 g/mol. The Labute approximate surface area is 176 Å². The second-order valence-corrected chi connectivity index (χ2v) is 9.59. The molecule has 1 spiro atoms. The van der Waals surface area contributed by atoms with Crippen LogP contribution in [0.1, 0.15) is 62.4 Å². The summed E-state index contributed by atoms with van der Waals surface area (Å²) >= 11 is 0. The van der Waals surface area contributed by atoms with Crippen molar-refractivity contribution in [2.45, 2.75) is 77.0 Å². The highest BCUT2D eigenvalue weighted by Crippen LogP contribution is 2.60. The van der Waals surface area contributed by atoms with E-state index in [1.54, 1.807) is 24.3 Å². The summed E-state index contributed by atoms with van der Waals surface area (Å²) in [7, 11) is 0. The van der Waals surface area contributed by atoms with Gasteiger partial charge >= 0.3 is 5.97 Å². The molecule has 2 bridgehead atoms. The number of carboxylic acid groups (broad SMARTS) is 1. The third kappa shape index (κ3) is 3.10. The summed E-state index contributed by atoms with van der Waals surface area (Å²) in [6.07, 6.45) is 3.01. The average molecular weight is 418 g/mol. The largest absolute Gasteiger partial charge is 0.478 e. The maximum Gasteiger partial charge on any atom is 0.335 e. The van der Waals surface area contributed by atoms with Gasteiger partial charge in [-0.25, -0.2) is 14.6 Å². The standard InChI is InChI=1S/C23H30O7/c1-13-4-9-18-14(2)20(26-12-15-5-7-16(8-6-15)19(24)25)27-21-23(18)17(13)10-11-22(3,28-21)29-30-23/h5-8,13-14,17-18,20-21H,4,9-12H2,1-3H3,(H,24,25)/t13-,14-,17?,18-,20?,21-,22-,23-/m1/s1. The molecule has 0 aromatic heterocycles. The Morgan fingerprint density at radius 1 is 1.13 bits per heavy atom. The average Bonchev–Trinajstić information content (AvgIpc) is 2.96. The zero-order chi connectivity index (χ0) is 21.1. The fourth-order valence-corrected chi connectivity index (χ4v) is 5.98. The molecule has 1 aromatic rings. The van der Waals surface area contributed by atoms with Gasteiger partial charge in [0, 0.05) is 18.3 Å². The second kappa shape index (κ2) is 7.28. The van der Waals surface area contributed by atoms with Crippen LogP contribution in [0.25, 0.3) is 0 Å². The van der Waals surface area contributed by atoms with E-state index in [0.717, 1.165) is 31.2 Å². The number of hydrogen-bond donors (Lipinski definition) is 1. The lowest BCUT2D eigenvalue weighted by Crippen LogP contribution is -2.70. The number of rotatable bonds is 4. The van der Waals surface area contributed by atoms with Gasteiger partial charge in [-0.3, -0.25) is 0 Å². The van der Waals surface area contributed by atoms with Crippen LogP contribution in [0, 0.1) is 23.7 Å². The predicted octanol–water partition coefficient (Wildman–Crippen LogP) is 4.11. The Hall–Kier alpha value is -1.51. The molecule has 1 saturated carbocycles. The van der Waals surface area contributed by atoms with Gasteiger partial charge in [-0.2, -0.15) is 0 Å². The summed E-state index contributed by atoms with van der Waals surface area (Å²) in [5.41, 5.74) is 0.579. The number of fused-ring (bicyclic) bond motifs is 2. The fraction of sp³-hybridized carbons (Fsp3) is 0.696. The van der Waals surface area contributed by atoms with Crippen LogP contribution in [0.3, 0.4) is 0 Å². The summed E-state index contributed by atoms with van der Waals surface area (Å²) in [4.78, 5) is 23.0. The van der Waals surface area contributed by atoms with Gasteiger partial charge in [0.1, 0.15) is 0 Å². The number of carboxylic acids is 1. The smallest absolute Gasteiger partial charge is 0.335 e. The minimum Gasteiger partial charge on any atom is -0.478 e. The first kappa shape index (κ1) is 20.4. The van der Waals surface area contributed by atoms with Crippen molar-refractivity contribution in [2.24, 2.45) is 23.7 Å². The summed E-state index contributed by atoms with van der Waals surface area (Å²) in [6.45, 7) is 6.71. The Morgan fingerprint density at radius 2 is 1.90 bits per heavy atom. The summed E-state index contributed by atoms with van der Waals surface area (Å²) < 4.78 is 18.9. The van der Waals surface area contributed by atoms with E-state index < -0.39 is 29.9 Å². The third-order valence-electron chi connectivity index (χ3n) is 7.71. The lowest BCUT2D eigenvalue weighted by Gasteiger charge is -2.60. The van der Waals surface area contributed by atoms with E-state index in [1.807, 2.05) is 6.92 Å².